The minimum atomic E-state index is -1.68. The number of carbonyl (C=O) groups excluding carboxylic acids is 1. The maximum Gasteiger partial charge on any atom is 0.324 e. The Morgan fingerprint density at radius 1 is 1.37 bits per heavy atom. The predicted octanol–water partition coefficient (Wildman–Crippen LogP) is 1.90. The number of aromatic amines is 1. The van der Waals surface area contributed by atoms with Gasteiger partial charge in [0.1, 0.15) is 5.52 Å². The van der Waals surface area contributed by atoms with E-state index in [0.717, 1.165) is 0 Å². The minimum absolute atomic E-state index is 0.0685. The Labute approximate surface area is 160 Å². The van der Waals surface area contributed by atoms with Gasteiger partial charge < -0.3 is 23.7 Å². The fourth-order valence-corrected chi connectivity index (χ4v) is 2.65. The van der Waals surface area contributed by atoms with Crippen LogP contribution in [0.1, 0.15) is 27.7 Å². The molecule has 0 aromatic carbocycles. The standard InChI is InChI=1S/C17H23N3O6S/c1-10(2)25-8-7-20-11-5-6-19(12(11)13(21)18-16(20)27)9-26-15(24)17(3,4)14(22)23/h5-6,10H,7-9H2,1-4H3,(H,22,23)(H,18,21,27). The third-order valence-electron chi connectivity index (χ3n) is 4.06. The fraction of sp³-hybridized carbons (Fsp3) is 0.529. The second kappa shape index (κ2) is 8.05. The smallest absolute Gasteiger partial charge is 0.324 e. The summed E-state index contributed by atoms with van der Waals surface area (Å²) in [5.41, 5.74) is -1.26. The van der Waals surface area contributed by atoms with E-state index in [1.807, 2.05) is 13.8 Å². The van der Waals surface area contributed by atoms with Crippen LogP contribution in [0, 0.1) is 10.2 Å². The van der Waals surface area contributed by atoms with Gasteiger partial charge in [-0.25, -0.2) is 0 Å². The number of carboxylic acids is 1. The summed E-state index contributed by atoms with van der Waals surface area (Å²) in [5, 5.41) is 9.08. The number of esters is 1. The van der Waals surface area contributed by atoms with E-state index in [9.17, 15) is 14.4 Å². The average molecular weight is 397 g/mol. The number of carboxylic acid groups (broad SMARTS) is 1. The lowest BCUT2D eigenvalue weighted by Crippen LogP contribution is -2.35. The third kappa shape index (κ3) is 4.45. The van der Waals surface area contributed by atoms with Crippen molar-refractivity contribution in [2.24, 2.45) is 5.41 Å². The van der Waals surface area contributed by atoms with E-state index in [1.165, 1.54) is 18.4 Å². The highest BCUT2D eigenvalue weighted by Crippen LogP contribution is 2.19. The normalized spacial score (nSPS) is 11.9. The maximum atomic E-state index is 12.3. The van der Waals surface area contributed by atoms with Gasteiger partial charge in [0.2, 0.25) is 0 Å². The zero-order chi connectivity index (χ0) is 20.4. The summed E-state index contributed by atoms with van der Waals surface area (Å²) in [6.45, 7) is 6.92. The van der Waals surface area contributed by atoms with Crippen LogP contribution in [0.4, 0.5) is 0 Å². The van der Waals surface area contributed by atoms with Crippen LogP contribution in [0.3, 0.4) is 0 Å². The number of rotatable bonds is 8. The SMILES string of the molecule is CC(C)OCCn1c(=S)[nH]c(=O)c2c1ccn2COC(=O)C(C)(C)C(=O)O. The summed E-state index contributed by atoms with van der Waals surface area (Å²) < 4.78 is 14.0. The first-order valence-corrected chi connectivity index (χ1v) is 8.80. The molecule has 27 heavy (non-hydrogen) atoms. The van der Waals surface area contributed by atoms with Gasteiger partial charge in [0, 0.05) is 12.7 Å². The average Bonchev–Trinajstić information content (AvgIpc) is 2.99. The monoisotopic (exact) mass is 397 g/mol. The molecule has 0 unspecified atom stereocenters. The minimum Gasteiger partial charge on any atom is -0.480 e. The number of hydrogen-bond acceptors (Lipinski definition) is 6. The Hall–Kier alpha value is -2.46. The molecule has 0 saturated heterocycles. The molecule has 0 spiro atoms. The third-order valence-corrected chi connectivity index (χ3v) is 4.38. The Bertz CT molecular complexity index is 969. The van der Waals surface area contributed by atoms with Crippen LogP contribution in [-0.4, -0.2) is 43.9 Å². The van der Waals surface area contributed by atoms with Crippen molar-refractivity contribution < 1.29 is 24.2 Å². The molecule has 2 heterocycles. The fourth-order valence-electron chi connectivity index (χ4n) is 2.36. The molecule has 9 nitrogen and oxygen atoms in total. The number of H-pyrrole nitrogens is 1. The van der Waals surface area contributed by atoms with Crippen molar-refractivity contribution in [1.29, 1.82) is 0 Å². The summed E-state index contributed by atoms with van der Waals surface area (Å²) in [6.07, 6.45) is 1.65. The van der Waals surface area contributed by atoms with E-state index in [0.29, 0.717) is 18.7 Å². The maximum absolute atomic E-state index is 12.3. The Balaban J connectivity index is 2.30. The number of fused-ring (bicyclic) bond motifs is 1. The summed E-state index contributed by atoms with van der Waals surface area (Å²) in [4.78, 5) is 38.1. The van der Waals surface area contributed by atoms with Gasteiger partial charge >= 0.3 is 11.9 Å². The molecule has 0 aliphatic carbocycles. The lowest BCUT2D eigenvalue weighted by Gasteiger charge is -2.17. The molecule has 2 rings (SSSR count). The molecule has 0 bridgehead atoms. The summed E-state index contributed by atoms with van der Waals surface area (Å²) in [6, 6.07) is 1.69. The highest BCUT2D eigenvalue weighted by molar-refractivity contribution is 7.71. The van der Waals surface area contributed by atoms with E-state index in [1.54, 1.807) is 16.8 Å². The molecular formula is C17H23N3O6S. The van der Waals surface area contributed by atoms with E-state index in [4.69, 9.17) is 26.8 Å². The second-order valence-corrected chi connectivity index (χ2v) is 7.23. The van der Waals surface area contributed by atoms with Crippen LogP contribution >= 0.6 is 12.2 Å². The first kappa shape index (κ1) is 20.8. The predicted molar refractivity (Wildman–Crippen MR) is 100.0 cm³/mol. The van der Waals surface area contributed by atoms with Gasteiger partial charge in [-0.15, -0.1) is 0 Å². The van der Waals surface area contributed by atoms with Crippen LogP contribution in [-0.2, 0) is 32.3 Å². The molecule has 148 valence electrons. The van der Waals surface area contributed by atoms with E-state index in [2.05, 4.69) is 4.98 Å². The quantitative estimate of drug-likeness (QED) is 0.397. The van der Waals surface area contributed by atoms with Crippen molar-refractivity contribution in [3.05, 3.63) is 27.4 Å². The molecule has 0 amide bonds. The molecule has 0 aliphatic heterocycles. The Kier molecular flexibility index (Phi) is 6.22. The van der Waals surface area contributed by atoms with Gasteiger partial charge in [0.15, 0.2) is 16.9 Å². The molecule has 0 saturated carbocycles. The molecule has 2 aromatic heterocycles. The van der Waals surface area contributed by atoms with Crippen LogP contribution in [0.5, 0.6) is 0 Å². The lowest BCUT2D eigenvalue weighted by molar-refractivity contribution is -0.168. The van der Waals surface area contributed by atoms with Gasteiger partial charge in [-0.05, 0) is 46.0 Å². The molecule has 0 aliphatic rings. The van der Waals surface area contributed by atoms with Crippen molar-refractivity contribution in [3.63, 3.8) is 0 Å². The van der Waals surface area contributed by atoms with E-state index < -0.39 is 22.9 Å². The first-order valence-electron chi connectivity index (χ1n) is 8.40. The van der Waals surface area contributed by atoms with Gasteiger partial charge in [-0.1, -0.05) is 0 Å². The van der Waals surface area contributed by atoms with Crippen LogP contribution in [0.25, 0.3) is 11.0 Å². The molecule has 2 aromatic rings. The summed E-state index contributed by atoms with van der Waals surface area (Å²) in [5.74, 6) is -2.19. The van der Waals surface area contributed by atoms with Crippen molar-refractivity contribution in [2.75, 3.05) is 6.61 Å². The van der Waals surface area contributed by atoms with E-state index in [-0.39, 0.29) is 23.1 Å². The van der Waals surface area contributed by atoms with E-state index >= 15 is 0 Å². The van der Waals surface area contributed by atoms with Crippen LogP contribution in [0.2, 0.25) is 0 Å². The number of ether oxygens (including phenoxy) is 2. The molecule has 0 radical (unpaired) electrons. The number of aromatic nitrogens is 3. The second-order valence-electron chi connectivity index (χ2n) is 6.84. The highest BCUT2D eigenvalue weighted by Gasteiger charge is 2.37. The Morgan fingerprint density at radius 2 is 2.04 bits per heavy atom. The molecule has 0 fully saturated rings. The molecule has 2 N–H and O–H groups in total. The topological polar surface area (TPSA) is 116 Å². The zero-order valence-electron chi connectivity index (χ0n) is 15.6. The summed E-state index contributed by atoms with van der Waals surface area (Å²) in [7, 11) is 0. The number of hydrogen-bond donors (Lipinski definition) is 2. The molecule has 10 heteroatoms. The zero-order valence-corrected chi connectivity index (χ0v) is 16.5. The lowest BCUT2D eigenvalue weighted by atomic mass is 9.94. The van der Waals surface area contributed by atoms with Gasteiger partial charge in [-0.3, -0.25) is 19.4 Å². The first-order chi connectivity index (χ1) is 12.6. The van der Waals surface area contributed by atoms with Gasteiger partial charge in [-0.2, -0.15) is 0 Å². The van der Waals surface area contributed by atoms with Crippen molar-refractivity contribution in [2.45, 2.75) is 47.1 Å². The Morgan fingerprint density at radius 3 is 2.63 bits per heavy atom. The number of aliphatic carboxylic acids is 1. The van der Waals surface area contributed by atoms with Crippen molar-refractivity contribution in [1.82, 2.24) is 14.1 Å². The van der Waals surface area contributed by atoms with Gasteiger partial charge in [0.05, 0.1) is 18.2 Å². The van der Waals surface area contributed by atoms with Crippen molar-refractivity contribution in [3.8, 4) is 0 Å². The molecular weight excluding hydrogens is 374 g/mol. The highest BCUT2D eigenvalue weighted by atomic mass is 32.1. The van der Waals surface area contributed by atoms with Crippen molar-refractivity contribution >= 4 is 35.2 Å². The molecule has 0 atom stereocenters. The van der Waals surface area contributed by atoms with Gasteiger partial charge in [0.25, 0.3) is 5.56 Å². The van der Waals surface area contributed by atoms with Crippen LogP contribution < -0.4 is 5.56 Å². The number of nitrogens with one attached hydrogen (secondary N) is 1. The van der Waals surface area contributed by atoms with Crippen LogP contribution in [0.15, 0.2) is 17.1 Å². The largest absolute Gasteiger partial charge is 0.480 e. The summed E-state index contributed by atoms with van der Waals surface area (Å²) >= 11 is 5.23. The number of carbonyl (C=O) groups is 2. The number of nitrogens with zero attached hydrogens (tertiary/aromatic N) is 2.